The number of fused-ring (bicyclic) bond motifs is 1. The number of hydrogen-bond donors (Lipinski definition) is 0. The van der Waals surface area contributed by atoms with Crippen molar-refractivity contribution in [2.75, 3.05) is 20.2 Å². The van der Waals surface area contributed by atoms with Crippen LogP contribution in [0.4, 0.5) is 9.18 Å². The zero-order valence-corrected chi connectivity index (χ0v) is 20.2. The summed E-state index contributed by atoms with van der Waals surface area (Å²) in [6.07, 6.45) is 0.0783. The van der Waals surface area contributed by atoms with Crippen LogP contribution in [-0.4, -0.2) is 42.9 Å². The van der Waals surface area contributed by atoms with E-state index in [4.69, 9.17) is 14.2 Å². The predicted molar refractivity (Wildman–Crippen MR) is 131 cm³/mol. The quantitative estimate of drug-likeness (QED) is 0.444. The van der Waals surface area contributed by atoms with E-state index < -0.39 is 5.60 Å². The maximum Gasteiger partial charge on any atom is 0.410 e. The van der Waals surface area contributed by atoms with E-state index in [1.807, 2.05) is 45.0 Å². The van der Waals surface area contributed by atoms with Gasteiger partial charge in [-0.1, -0.05) is 36.4 Å². The molecule has 5 nitrogen and oxygen atoms in total. The Hall–Kier alpha value is -3.12. The summed E-state index contributed by atoms with van der Waals surface area (Å²) in [6, 6.07) is 18.7. The fraction of sp³-hybridized carbons (Fsp3) is 0.393. The Morgan fingerprint density at radius 1 is 1.06 bits per heavy atom. The van der Waals surface area contributed by atoms with Gasteiger partial charge in [-0.3, -0.25) is 0 Å². The molecule has 1 saturated heterocycles. The molecule has 1 aliphatic rings. The summed E-state index contributed by atoms with van der Waals surface area (Å²) in [6.45, 7) is 6.85. The molecule has 2 unspecified atom stereocenters. The second-order valence-electron chi connectivity index (χ2n) is 9.73. The molecular weight excluding hydrogens is 433 g/mol. The number of hydrogen-bond acceptors (Lipinski definition) is 4. The highest BCUT2D eigenvalue weighted by Crippen LogP contribution is 2.33. The first-order chi connectivity index (χ1) is 16.2. The average molecular weight is 466 g/mol. The van der Waals surface area contributed by atoms with Gasteiger partial charge < -0.3 is 19.1 Å². The molecule has 1 aliphatic heterocycles. The molecule has 6 heteroatoms. The summed E-state index contributed by atoms with van der Waals surface area (Å²) in [7, 11) is 1.65. The van der Waals surface area contributed by atoms with E-state index in [0.717, 1.165) is 27.6 Å². The molecule has 2 atom stereocenters. The van der Waals surface area contributed by atoms with Crippen LogP contribution < -0.4 is 4.74 Å². The standard InChI is InChI=1S/C28H32FNO4/c1-28(2,3)34-27(31)30-14-13-24(19-9-11-23(29)12-10-19)26(17-30)33-18-22-15-20-7-5-6-8-21(20)16-25(22)32-4/h5-12,15-16,24,26H,13-14,17-18H2,1-4H3. The van der Waals surface area contributed by atoms with Crippen molar-refractivity contribution in [1.29, 1.82) is 0 Å². The van der Waals surface area contributed by atoms with Gasteiger partial charge in [-0.15, -0.1) is 0 Å². The number of rotatable bonds is 5. The monoisotopic (exact) mass is 465 g/mol. The third kappa shape index (κ3) is 5.68. The predicted octanol–water partition coefficient (Wildman–Crippen LogP) is 6.30. The summed E-state index contributed by atoms with van der Waals surface area (Å²) in [4.78, 5) is 14.4. The molecule has 0 N–H and O–H groups in total. The number of methoxy groups -OCH3 is 1. The zero-order chi connectivity index (χ0) is 24.3. The van der Waals surface area contributed by atoms with E-state index in [9.17, 15) is 9.18 Å². The Bertz CT molecular complexity index is 1140. The topological polar surface area (TPSA) is 48.0 Å². The summed E-state index contributed by atoms with van der Waals surface area (Å²) in [5, 5.41) is 2.21. The summed E-state index contributed by atoms with van der Waals surface area (Å²) < 4.78 is 31.2. The summed E-state index contributed by atoms with van der Waals surface area (Å²) in [5.41, 5.74) is 1.37. The van der Waals surface area contributed by atoms with Crippen LogP contribution in [0, 0.1) is 5.82 Å². The molecule has 0 saturated carbocycles. The summed E-state index contributed by atoms with van der Waals surface area (Å²) in [5.74, 6) is 0.524. The Morgan fingerprint density at radius 2 is 1.74 bits per heavy atom. The molecule has 0 aliphatic carbocycles. The third-order valence-electron chi connectivity index (χ3n) is 6.11. The molecule has 0 aromatic heterocycles. The van der Waals surface area contributed by atoms with Crippen LogP contribution in [0.25, 0.3) is 10.8 Å². The lowest BCUT2D eigenvalue weighted by Crippen LogP contribution is -2.48. The van der Waals surface area contributed by atoms with Crippen molar-refractivity contribution < 1.29 is 23.4 Å². The molecule has 3 aromatic rings. The number of likely N-dealkylation sites (tertiary alicyclic amines) is 1. The first-order valence-electron chi connectivity index (χ1n) is 11.6. The van der Waals surface area contributed by atoms with Crippen molar-refractivity contribution in [2.45, 2.75) is 51.4 Å². The van der Waals surface area contributed by atoms with Gasteiger partial charge in [0.1, 0.15) is 17.2 Å². The fourth-order valence-corrected chi connectivity index (χ4v) is 4.44. The van der Waals surface area contributed by atoms with Crippen LogP contribution in [0.1, 0.15) is 44.2 Å². The molecule has 1 amide bonds. The number of halogens is 1. The zero-order valence-electron chi connectivity index (χ0n) is 20.2. The molecule has 3 aromatic carbocycles. The van der Waals surface area contributed by atoms with Crippen LogP contribution in [0.3, 0.4) is 0 Å². The lowest BCUT2D eigenvalue weighted by Gasteiger charge is -2.39. The van der Waals surface area contributed by atoms with Crippen molar-refractivity contribution in [3.8, 4) is 5.75 Å². The highest BCUT2D eigenvalue weighted by molar-refractivity contribution is 5.85. The minimum Gasteiger partial charge on any atom is -0.496 e. The number of carbonyl (C=O) groups is 1. The average Bonchev–Trinajstić information content (AvgIpc) is 2.81. The maximum atomic E-state index is 13.5. The van der Waals surface area contributed by atoms with Gasteiger partial charge in [0.15, 0.2) is 0 Å². The normalized spacial score (nSPS) is 18.7. The van der Waals surface area contributed by atoms with Crippen molar-refractivity contribution in [3.05, 3.63) is 77.6 Å². The number of nitrogens with zero attached hydrogens (tertiary/aromatic N) is 1. The number of piperidine rings is 1. The largest absolute Gasteiger partial charge is 0.496 e. The Balaban J connectivity index is 1.57. The first-order valence-corrected chi connectivity index (χ1v) is 11.6. The summed E-state index contributed by atoms with van der Waals surface area (Å²) >= 11 is 0. The van der Waals surface area contributed by atoms with Crippen LogP contribution in [0.2, 0.25) is 0 Å². The molecule has 180 valence electrons. The van der Waals surface area contributed by atoms with Gasteiger partial charge in [0, 0.05) is 18.0 Å². The maximum absolute atomic E-state index is 13.5. The highest BCUT2D eigenvalue weighted by Gasteiger charge is 2.35. The van der Waals surface area contributed by atoms with E-state index >= 15 is 0 Å². The van der Waals surface area contributed by atoms with Gasteiger partial charge in [-0.25, -0.2) is 9.18 Å². The molecule has 1 heterocycles. The van der Waals surface area contributed by atoms with E-state index in [0.29, 0.717) is 26.1 Å². The Morgan fingerprint density at radius 3 is 2.38 bits per heavy atom. The van der Waals surface area contributed by atoms with Crippen LogP contribution >= 0.6 is 0 Å². The van der Waals surface area contributed by atoms with Gasteiger partial charge in [0.25, 0.3) is 0 Å². The van der Waals surface area contributed by atoms with Crippen molar-refractivity contribution in [3.63, 3.8) is 0 Å². The van der Waals surface area contributed by atoms with Crippen LogP contribution in [-0.2, 0) is 16.1 Å². The fourth-order valence-electron chi connectivity index (χ4n) is 4.44. The van der Waals surface area contributed by atoms with Gasteiger partial charge in [-0.05, 0) is 67.8 Å². The van der Waals surface area contributed by atoms with E-state index in [1.165, 1.54) is 12.1 Å². The van der Waals surface area contributed by atoms with Gasteiger partial charge in [-0.2, -0.15) is 0 Å². The molecule has 4 rings (SSSR count). The molecule has 34 heavy (non-hydrogen) atoms. The highest BCUT2D eigenvalue weighted by atomic mass is 19.1. The number of carbonyl (C=O) groups excluding carboxylic acids is 1. The lowest BCUT2D eigenvalue weighted by molar-refractivity contribution is -0.0363. The first kappa shape index (κ1) is 24.0. The minimum atomic E-state index is -0.570. The third-order valence-corrected chi connectivity index (χ3v) is 6.11. The lowest BCUT2D eigenvalue weighted by atomic mass is 9.87. The Labute approximate surface area is 200 Å². The molecule has 0 radical (unpaired) electrons. The number of benzene rings is 3. The van der Waals surface area contributed by atoms with Gasteiger partial charge in [0.05, 0.1) is 26.4 Å². The van der Waals surface area contributed by atoms with Crippen molar-refractivity contribution in [1.82, 2.24) is 4.90 Å². The minimum absolute atomic E-state index is 0.0331. The van der Waals surface area contributed by atoms with Crippen molar-refractivity contribution >= 4 is 16.9 Å². The Kier molecular flexibility index (Phi) is 7.08. The molecule has 0 bridgehead atoms. The van der Waals surface area contributed by atoms with E-state index in [1.54, 1.807) is 24.1 Å². The smallest absolute Gasteiger partial charge is 0.410 e. The van der Waals surface area contributed by atoms with Crippen LogP contribution in [0.15, 0.2) is 60.7 Å². The van der Waals surface area contributed by atoms with E-state index in [2.05, 4.69) is 12.1 Å². The van der Waals surface area contributed by atoms with Gasteiger partial charge in [0.2, 0.25) is 0 Å². The van der Waals surface area contributed by atoms with Crippen molar-refractivity contribution in [2.24, 2.45) is 0 Å². The SMILES string of the molecule is COc1cc2ccccc2cc1COC1CN(C(=O)OC(C)(C)C)CCC1c1ccc(F)cc1. The second kappa shape index (κ2) is 10.0. The molecule has 0 spiro atoms. The molecular formula is C28H32FNO4. The van der Waals surface area contributed by atoms with Gasteiger partial charge >= 0.3 is 6.09 Å². The van der Waals surface area contributed by atoms with Crippen LogP contribution in [0.5, 0.6) is 5.75 Å². The molecule has 1 fully saturated rings. The second-order valence-corrected chi connectivity index (χ2v) is 9.73. The number of amides is 1. The number of ether oxygens (including phenoxy) is 3. The van der Waals surface area contributed by atoms with E-state index in [-0.39, 0.29) is 23.9 Å².